The van der Waals surface area contributed by atoms with E-state index in [1.807, 2.05) is 17.4 Å². The van der Waals surface area contributed by atoms with E-state index in [2.05, 4.69) is 44.9 Å². The lowest BCUT2D eigenvalue weighted by Gasteiger charge is -2.10. The van der Waals surface area contributed by atoms with Gasteiger partial charge in [-0.3, -0.25) is 10.1 Å². The van der Waals surface area contributed by atoms with Crippen molar-refractivity contribution in [2.24, 2.45) is 4.99 Å². The third-order valence-electron chi connectivity index (χ3n) is 2.72. The van der Waals surface area contributed by atoms with E-state index in [-0.39, 0.29) is 0 Å². The molecule has 0 spiro atoms. The van der Waals surface area contributed by atoms with Gasteiger partial charge in [-0.15, -0.1) is 11.3 Å². The molecule has 0 unspecified atom stereocenters. The fourth-order valence-corrected chi connectivity index (χ4v) is 2.56. The number of H-pyrrole nitrogens is 1. The lowest BCUT2D eigenvalue weighted by Crippen LogP contribution is -2.36. The molecule has 2 aromatic heterocycles. The summed E-state index contributed by atoms with van der Waals surface area (Å²) in [4.78, 5) is 6.93. The Morgan fingerprint density at radius 3 is 2.68 bits per heavy atom. The summed E-state index contributed by atoms with van der Waals surface area (Å²) in [7, 11) is 1.77. The molecule has 0 saturated carbocycles. The summed E-state index contributed by atoms with van der Waals surface area (Å²) >= 11 is 1.84. The molecule has 2 rings (SSSR count). The molecule has 6 heteroatoms. The van der Waals surface area contributed by atoms with Crippen molar-refractivity contribution in [2.75, 3.05) is 7.05 Å². The maximum absolute atomic E-state index is 4.19. The molecule has 0 aliphatic carbocycles. The van der Waals surface area contributed by atoms with Crippen LogP contribution in [-0.2, 0) is 19.5 Å². The van der Waals surface area contributed by atoms with E-state index < -0.39 is 0 Å². The van der Waals surface area contributed by atoms with Crippen LogP contribution in [0, 0.1) is 0 Å². The lowest BCUT2D eigenvalue weighted by molar-refractivity contribution is 0.794. The van der Waals surface area contributed by atoms with Crippen molar-refractivity contribution >= 4 is 17.3 Å². The molecular weight excluding hydrogens is 258 g/mol. The zero-order valence-electron chi connectivity index (χ0n) is 11.2. The summed E-state index contributed by atoms with van der Waals surface area (Å²) in [5, 5.41) is 13.4. The highest BCUT2D eigenvalue weighted by Gasteiger charge is 2.01. The number of aromatic nitrogens is 2. The van der Waals surface area contributed by atoms with Crippen LogP contribution in [0.5, 0.6) is 0 Å². The quantitative estimate of drug-likeness (QED) is 0.578. The van der Waals surface area contributed by atoms with Gasteiger partial charge in [-0.2, -0.15) is 5.10 Å². The largest absolute Gasteiger partial charge is 0.352 e. The van der Waals surface area contributed by atoms with Gasteiger partial charge in [0, 0.05) is 23.0 Å². The van der Waals surface area contributed by atoms with Gasteiger partial charge in [0.05, 0.1) is 18.8 Å². The number of nitrogens with zero attached hydrogens (tertiary/aromatic N) is 2. The van der Waals surface area contributed by atoms with E-state index in [0.717, 1.165) is 24.6 Å². The van der Waals surface area contributed by atoms with E-state index in [0.29, 0.717) is 6.54 Å². The summed E-state index contributed by atoms with van der Waals surface area (Å²) < 4.78 is 0. The Kier molecular flexibility index (Phi) is 4.97. The van der Waals surface area contributed by atoms with Crippen LogP contribution >= 0.6 is 11.3 Å². The molecular formula is C13H19N5S. The van der Waals surface area contributed by atoms with Gasteiger partial charge in [0.15, 0.2) is 5.96 Å². The van der Waals surface area contributed by atoms with Crippen LogP contribution in [0.3, 0.4) is 0 Å². The standard InChI is InChI=1S/C13H19N5S/c1-3-11-4-5-12(19-11)9-16-13(14-2)15-8-10-6-7-17-18-10/h4-7H,3,8-9H2,1-2H3,(H,17,18)(H2,14,15,16). The van der Waals surface area contributed by atoms with Crippen LogP contribution in [0.1, 0.15) is 22.4 Å². The van der Waals surface area contributed by atoms with Crippen molar-refractivity contribution in [3.8, 4) is 0 Å². The second kappa shape index (κ2) is 6.94. The van der Waals surface area contributed by atoms with Crippen molar-refractivity contribution < 1.29 is 0 Å². The van der Waals surface area contributed by atoms with Crippen LogP contribution in [0.2, 0.25) is 0 Å². The molecule has 0 radical (unpaired) electrons. The van der Waals surface area contributed by atoms with E-state index in [4.69, 9.17) is 0 Å². The Bertz CT molecular complexity index is 515. The minimum atomic E-state index is 0.685. The Balaban J connectivity index is 1.79. The average Bonchev–Trinajstić information content (AvgIpc) is 3.10. The first-order chi connectivity index (χ1) is 9.31. The van der Waals surface area contributed by atoms with Gasteiger partial charge in [-0.25, -0.2) is 0 Å². The van der Waals surface area contributed by atoms with Crippen LogP contribution in [0.25, 0.3) is 0 Å². The second-order valence-corrected chi connectivity index (χ2v) is 5.34. The molecule has 0 aliphatic rings. The highest BCUT2D eigenvalue weighted by molar-refractivity contribution is 7.11. The molecule has 0 aliphatic heterocycles. The maximum Gasteiger partial charge on any atom is 0.191 e. The topological polar surface area (TPSA) is 65.1 Å². The van der Waals surface area contributed by atoms with Gasteiger partial charge in [-0.1, -0.05) is 6.92 Å². The van der Waals surface area contributed by atoms with E-state index in [1.54, 1.807) is 13.2 Å². The van der Waals surface area contributed by atoms with Crippen molar-refractivity contribution in [2.45, 2.75) is 26.4 Å². The number of hydrogen-bond donors (Lipinski definition) is 3. The average molecular weight is 277 g/mol. The van der Waals surface area contributed by atoms with Crippen LogP contribution in [-0.4, -0.2) is 23.2 Å². The van der Waals surface area contributed by atoms with Crippen molar-refractivity contribution in [1.29, 1.82) is 0 Å². The summed E-state index contributed by atoms with van der Waals surface area (Å²) in [6.45, 7) is 3.66. The van der Waals surface area contributed by atoms with Gasteiger partial charge in [-0.05, 0) is 24.6 Å². The molecule has 2 aromatic rings. The minimum absolute atomic E-state index is 0.685. The molecule has 0 fully saturated rings. The fraction of sp³-hybridized carbons (Fsp3) is 0.385. The molecule has 5 nitrogen and oxygen atoms in total. The molecule has 0 bridgehead atoms. The summed E-state index contributed by atoms with van der Waals surface area (Å²) in [5.41, 5.74) is 1.03. The number of rotatable bonds is 5. The molecule has 3 N–H and O–H groups in total. The monoisotopic (exact) mass is 277 g/mol. The second-order valence-electron chi connectivity index (χ2n) is 4.08. The van der Waals surface area contributed by atoms with E-state index in [9.17, 15) is 0 Å². The molecule has 0 aromatic carbocycles. The third kappa shape index (κ3) is 4.10. The predicted molar refractivity (Wildman–Crippen MR) is 79.3 cm³/mol. The number of aryl methyl sites for hydroxylation is 1. The van der Waals surface area contributed by atoms with Gasteiger partial charge in [0.25, 0.3) is 0 Å². The Labute approximate surface area is 117 Å². The van der Waals surface area contributed by atoms with Crippen molar-refractivity contribution in [3.63, 3.8) is 0 Å². The summed E-state index contributed by atoms with van der Waals surface area (Å²) in [5.74, 6) is 0.793. The van der Waals surface area contributed by atoms with Gasteiger partial charge < -0.3 is 10.6 Å². The highest BCUT2D eigenvalue weighted by Crippen LogP contribution is 2.16. The fourth-order valence-electron chi connectivity index (χ4n) is 1.66. The van der Waals surface area contributed by atoms with E-state index in [1.165, 1.54) is 9.75 Å². The summed E-state index contributed by atoms with van der Waals surface area (Å²) in [6, 6.07) is 6.29. The van der Waals surface area contributed by atoms with Crippen LogP contribution in [0.4, 0.5) is 0 Å². The lowest BCUT2D eigenvalue weighted by atomic mass is 10.3. The SMILES string of the molecule is CCc1ccc(CNC(=NC)NCc2ccn[nH]2)s1. The van der Waals surface area contributed by atoms with Gasteiger partial charge in [0.1, 0.15) is 0 Å². The molecule has 19 heavy (non-hydrogen) atoms. The van der Waals surface area contributed by atoms with Crippen molar-refractivity contribution in [3.05, 3.63) is 39.8 Å². The Morgan fingerprint density at radius 2 is 2.05 bits per heavy atom. The number of thiophene rings is 1. The predicted octanol–water partition coefficient (Wildman–Crippen LogP) is 1.90. The first-order valence-corrected chi connectivity index (χ1v) is 7.13. The normalized spacial score (nSPS) is 11.6. The zero-order valence-corrected chi connectivity index (χ0v) is 12.0. The van der Waals surface area contributed by atoms with Crippen LogP contribution in [0.15, 0.2) is 29.4 Å². The van der Waals surface area contributed by atoms with E-state index >= 15 is 0 Å². The molecule has 2 heterocycles. The number of guanidine groups is 1. The smallest absolute Gasteiger partial charge is 0.191 e. The number of aromatic amines is 1. The Hall–Kier alpha value is -1.82. The Morgan fingerprint density at radius 1 is 1.26 bits per heavy atom. The highest BCUT2D eigenvalue weighted by atomic mass is 32.1. The number of aliphatic imine (C=N–C) groups is 1. The molecule has 0 saturated heterocycles. The van der Waals surface area contributed by atoms with Gasteiger partial charge >= 0.3 is 0 Å². The van der Waals surface area contributed by atoms with Gasteiger partial charge in [0.2, 0.25) is 0 Å². The first-order valence-electron chi connectivity index (χ1n) is 6.32. The third-order valence-corrected chi connectivity index (χ3v) is 3.95. The number of hydrogen-bond acceptors (Lipinski definition) is 3. The summed E-state index contributed by atoms with van der Waals surface area (Å²) in [6.07, 6.45) is 2.84. The zero-order chi connectivity index (χ0) is 13.5. The minimum Gasteiger partial charge on any atom is -0.352 e. The van der Waals surface area contributed by atoms with Crippen LogP contribution < -0.4 is 10.6 Å². The molecule has 0 amide bonds. The first kappa shape index (κ1) is 13.6. The number of nitrogens with one attached hydrogen (secondary N) is 3. The molecule has 102 valence electrons. The molecule has 0 atom stereocenters. The van der Waals surface area contributed by atoms with Crippen molar-refractivity contribution in [1.82, 2.24) is 20.8 Å². The maximum atomic E-state index is 4.19.